The number of hydrogen-bond donors (Lipinski definition) is 1. The number of pyridine rings is 1. The van der Waals surface area contributed by atoms with Crippen molar-refractivity contribution in [3.8, 4) is 0 Å². The molecule has 14 heavy (non-hydrogen) atoms. The van der Waals surface area contributed by atoms with Gasteiger partial charge in [-0.25, -0.2) is 4.39 Å². The molecular weight excluding hydrogens is 181 g/mol. The first-order chi connectivity index (χ1) is 6.58. The summed E-state index contributed by atoms with van der Waals surface area (Å²) < 4.78 is 13.2. The van der Waals surface area contributed by atoms with Crippen molar-refractivity contribution in [3.63, 3.8) is 0 Å². The number of aryl methyl sites for hydroxylation is 2. The summed E-state index contributed by atoms with van der Waals surface area (Å²) in [5.74, 6) is -0.293. The number of fused-ring (bicyclic) bond motifs is 1. The number of benzene rings is 1. The Morgan fingerprint density at radius 2 is 1.86 bits per heavy atom. The SMILES string of the molecule is Cc1cc2c(C)cc(=O)[nH]c2cc1F. The fourth-order valence-corrected chi connectivity index (χ4v) is 1.55. The van der Waals surface area contributed by atoms with Gasteiger partial charge in [0, 0.05) is 11.5 Å². The molecule has 0 radical (unpaired) electrons. The van der Waals surface area contributed by atoms with E-state index in [4.69, 9.17) is 0 Å². The minimum atomic E-state index is -0.293. The van der Waals surface area contributed by atoms with Crippen molar-refractivity contribution in [2.75, 3.05) is 0 Å². The lowest BCUT2D eigenvalue weighted by Crippen LogP contribution is -2.05. The van der Waals surface area contributed by atoms with E-state index in [0.29, 0.717) is 11.1 Å². The first-order valence-electron chi connectivity index (χ1n) is 4.38. The van der Waals surface area contributed by atoms with E-state index >= 15 is 0 Å². The van der Waals surface area contributed by atoms with E-state index in [1.165, 1.54) is 12.1 Å². The highest BCUT2D eigenvalue weighted by atomic mass is 19.1. The fourth-order valence-electron chi connectivity index (χ4n) is 1.55. The van der Waals surface area contributed by atoms with Crippen molar-refractivity contribution in [2.45, 2.75) is 13.8 Å². The van der Waals surface area contributed by atoms with Gasteiger partial charge in [0.1, 0.15) is 5.82 Å². The summed E-state index contributed by atoms with van der Waals surface area (Å²) in [7, 11) is 0. The second-order valence-corrected chi connectivity index (χ2v) is 3.46. The Kier molecular flexibility index (Phi) is 1.88. The molecular formula is C11H10FNO. The molecule has 72 valence electrons. The van der Waals surface area contributed by atoms with Crippen LogP contribution in [0.2, 0.25) is 0 Å². The van der Waals surface area contributed by atoms with Crippen molar-refractivity contribution in [1.82, 2.24) is 4.98 Å². The van der Waals surface area contributed by atoms with Crippen molar-refractivity contribution < 1.29 is 4.39 Å². The van der Waals surface area contributed by atoms with E-state index in [9.17, 15) is 9.18 Å². The first-order valence-corrected chi connectivity index (χ1v) is 4.38. The van der Waals surface area contributed by atoms with Gasteiger partial charge < -0.3 is 4.98 Å². The van der Waals surface area contributed by atoms with E-state index in [2.05, 4.69) is 4.98 Å². The van der Waals surface area contributed by atoms with Gasteiger partial charge in [0.05, 0.1) is 5.52 Å². The lowest BCUT2D eigenvalue weighted by Gasteiger charge is -2.03. The molecule has 0 aliphatic carbocycles. The standard InChI is InChI=1S/C11H10FNO/c1-6-4-11(14)13-10-5-9(12)7(2)3-8(6)10/h3-5H,1-2H3,(H,13,14). The fraction of sp³-hybridized carbons (Fsp3) is 0.182. The Morgan fingerprint density at radius 3 is 2.57 bits per heavy atom. The van der Waals surface area contributed by atoms with Gasteiger partial charge in [-0.05, 0) is 37.1 Å². The molecule has 2 rings (SSSR count). The molecule has 0 saturated carbocycles. The molecule has 0 amide bonds. The second kappa shape index (κ2) is 2.94. The lowest BCUT2D eigenvalue weighted by atomic mass is 10.1. The van der Waals surface area contributed by atoms with Crippen LogP contribution in [0.1, 0.15) is 11.1 Å². The van der Waals surface area contributed by atoms with Gasteiger partial charge in [-0.3, -0.25) is 4.79 Å². The molecule has 0 spiro atoms. The first kappa shape index (κ1) is 8.94. The van der Waals surface area contributed by atoms with Crippen LogP contribution in [0.25, 0.3) is 10.9 Å². The van der Waals surface area contributed by atoms with Crippen molar-refractivity contribution in [1.29, 1.82) is 0 Å². The smallest absolute Gasteiger partial charge is 0.248 e. The molecule has 1 aromatic heterocycles. The van der Waals surface area contributed by atoms with Gasteiger partial charge in [-0.1, -0.05) is 0 Å². The summed E-state index contributed by atoms with van der Waals surface area (Å²) in [6, 6.07) is 4.62. The number of hydrogen-bond acceptors (Lipinski definition) is 1. The molecule has 1 aromatic carbocycles. The van der Waals surface area contributed by atoms with Gasteiger partial charge in [-0.2, -0.15) is 0 Å². The Morgan fingerprint density at radius 1 is 1.14 bits per heavy atom. The van der Waals surface area contributed by atoms with E-state index in [0.717, 1.165) is 10.9 Å². The Balaban J connectivity index is 2.96. The van der Waals surface area contributed by atoms with E-state index in [1.54, 1.807) is 13.0 Å². The zero-order valence-electron chi connectivity index (χ0n) is 8.02. The van der Waals surface area contributed by atoms with Gasteiger partial charge >= 0.3 is 0 Å². The molecule has 0 aliphatic heterocycles. The zero-order chi connectivity index (χ0) is 10.3. The predicted octanol–water partition coefficient (Wildman–Crippen LogP) is 2.28. The number of aromatic nitrogens is 1. The van der Waals surface area contributed by atoms with Gasteiger partial charge in [0.25, 0.3) is 0 Å². The highest BCUT2D eigenvalue weighted by Crippen LogP contribution is 2.18. The summed E-state index contributed by atoms with van der Waals surface area (Å²) in [6.45, 7) is 3.55. The van der Waals surface area contributed by atoms with Crippen LogP contribution in [0, 0.1) is 19.7 Å². The maximum atomic E-state index is 13.2. The summed E-state index contributed by atoms with van der Waals surface area (Å²) >= 11 is 0. The predicted molar refractivity (Wildman–Crippen MR) is 54.0 cm³/mol. The normalized spacial score (nSPS) is 10.8. The molecule has 2 aromatic rings. The third-order valence-corrected chi connectivity index (χ3v) is 2.33. The van der Waals surface area contributed by atoms with Crippen molar-refractivity contribution >= 4 is 10.9 Å². The van der Waals surface area contributed by atoms with E-state index < -0.39 is 0 Å². The maximum absolute atomic E-state index is 13.2. The molecule has 0 saturated heterocycles. The van der Waals surface area contributed by atoms with Crippen LogP contribution in [0.5, 0.6) is 0 Å². The van der Waals surface area contributed by atoms with Gasteiger partial charge in [0.2, 0.25) is 5.56 Å². The molecule has 2 nitrogen and oxygen atoms in total. The molecule has 0 aliphatic rings. The summed E-state index contributed by atoms with van der Waals surface area (Å²) in [6.07, 6.45) is 0. The average molecular weight is 191 g/mol. The van der Waals surface area contributed by atoms with Crippen molar-refractivity contribution in [3.05, 3.63) is 45.5 Å². The number of nitrogens with one attached hydrogen (secondary N) is 1. The Labute approximate surface area is 80.4 Å². The van der Waals surface area contributed by atoms with Crippen LogP contribution in [0.15, 0.2) is 23.0 Å². The maximum Gasteiger partial charge on any atom is 0.248 e. The minimum absolute atomic E-state index is 0.196. The summed E-state index contributed by atoms with van der Waals surface area (Å²) in [5.41, 5.74) is 1.82. The average Bonchev–Trinajstić information content (AvgIpc) is 2.08. The van der Waals surface area contributed by atoms with Crippen LogP contribution in [0.3, 0.4) is 0 Å². The topological polar surface area (TPSA) is 32.9 Å². The quantitative estimate of drug-likeness (QED) is 0.680. The largest absolute Gasteiger partial charge is 0.322 e. The molecule has 0 unspecified atom stereocenters. The molecule has 0 bridgehead atoms. The molecule has 0 fully saturated rings. The second-order valence-electron chi connectivity index (χ2n) is 3.46. The number of rotatable bonds is 0. The number of halogens is 1. The number of H-pyrrole nitrogens is 1. The van der Waals surface area contributed by atoms with Crippen LogP contribution in [0.4, 0.5) is 4.39 Å². The third-order valence-electron chi connectivity index (χ3n) is 2.33. The molecule has 0 atom stereocenters. The zero-order valence-corrected chi connectivity index (χ0v) is 8.02. The summed E-state index contributed by atoms with van der Waals surface area (Å²) in [5, 5.41) is 0.892. The highest BCUT2D eigenvalue weighted by Gasteiger charge is 2.03. The van der Waals surface area contributed by atoms with Crippen LogP contribution < -0.4 is 5.56 Å². The Hall–Kier alpha value is -1.64. The van der Waals surface area contributed by atoms with E-state index in [-0.39, 0.29) is 11.4 Å². The third kappa shape index (κ3) is 1.31. The molecule has 1 heterocycles. The summed E-state index contributed by atoms with van der Waals surface area (Å²) in [4.78, 5) is 13.7. The molecule has 1 N–H and O–H groups in total. The minimum Gasteiger partial charge on any atom is -0.322 e. The van der Waals surface area contributed by atoms with Crippen LogP contribution in [-0.2, 0) is 0 Å². The lowest BCUT2D eigenvalue weighted by molar-refractivity contribution is 0.620. The van der Waals surface area contributed by atoms with Gasteiger partial charge in [-0.15, -0.1) is 0 Å². The van der Waals surface area contributed by atoms with E-state index in [1.807, 2.05) is 6.92 Å². The Bertz CT molecular complexity index is 557. The monoisotopic (exact) mass is 191 g/mol. The highest BCUT2D eigenvalue weighted by molar-refractivity contribution is 5.82. The van der Waals surface area contributed by atoms with Crippen LogP contribution >= 0.6 is 0 Å². The van der Waals surface area contributed by atoms with Crippen LogP contribution in [-0.4, -0.2) is 4.98 Å². The molecule has 3 heteroatoms. The van der Waals surface area contributed by atoms with Gasteiger partial charge in [0.15, 0.2) is 0 Å². The van der Waals surface area contributed by atoms with Crippen molar-refractivity contribution in [2.24, 2.45) is 0 Å². The number of aromatic amines is 1.